The summed E-state index contributed by atoms with van der Waals surface area (Å²) in [4.78, 5) is 24.0. The molecular weight excluding hydrogens is 241 g/mol. The number of benzene rings is 1. The summed E-state index contributed by atoms with van der Waals surface area (Å²) < 4.78 is 17.7. The van der Waals surface area contributed by atoms with Gasteiger partial charge in [-0.3, -0.25) is 9.69 Å². The quantitative estimate of drug-likeness (QED) is 0.780. The molecule has 0 aromatic heterocycles. The standard InChI is InChI=1S/C11H12FN3O3/c12-7-1-2-8(13)9(5-7)14-10(16)6-15-3-4-18-11(15)17/h1-2,5H,3-4,6,13H2,(H,14,16). The van der Waals surface area contributed by atoms with E-state index < -0.39 is 17.8 Å². The van der Waals surface area contributed by atoms with Crippen molar-refractivity contribution >= 4 is 23.4 Å². The van der Waals surface area contributed by atoms with E-state index >= 15 is 0 Å². The molecule has 1 aromatic rings. The van der Waals surface area contributed by atoms with Gasteiger partial charge < -0.3 is 15.8 Å². The van der Waals surface area contributed by atoms with Crippen molar-refractivity contribution in [3.8, 4) is 0 Å². The predicted octanol–water partition coefficient (Wildman–Crippen LogP) is 0.799. The van der Waals surface area contributed by atoms with Crippen LogP contribution < -0.4 is 11.1 Å². The van der Waals surface area contributed by atoms with Gasteiger partial charge in [-0.25, -0.2) is 9.18 Å². The van der Waals surface area contributed by atoms with Crippen LogP contribution in [0.5, 0.6) is 0 Å². The normalized spacial score (nSPS) is 14.5. The molecule has 1 saturated heterocycles. The molecule has 0 spiro atoms. The van der Waals surface area contributed by atoms with Crippen molar-refractivity contribution < 1.29 is 18.7 Å². The van der Waals surface area contributed by atoms with Crippen LogP contribution in [0.4, 0.5) is 20.6 Å². The summed E-state index contributed by atoms with van der Waals surface area (Å²) in [5.41, 5.74) is 6.03. The molecule has 2 rings (SSSR count). The highest BCUT2D eigenvalue weighted by Gasteiger charge is 2.24. The monoisotopic (exact) mass is 253 g/mol. The molecule has 1 aliphatic rings. The number of anilines is 2. The van der Waals surface area contributed by atoms with Crippen molar-refractivity contribution in [2.75, 3.05) is 30.7 Å². The van der Waals surface area contributed by atoms with E-state index in [4.69, 9.17) is 5.73 Å². The molecule has 1 heterocycles. The maximum atomic E-state index is 13.0. The van der Waals surface area contributed by atoms with E-state index in [0.717, 1.165) is 6.07 Å². The van der Waals surface area contributed by atoms with Crippen molar-refractivity contribution in [1.82, 2.24) is 4.90 Å². The predicted molar refractivity (Wildman–Crippen MR) is 62.4 cm³/mol. The molecule has 18 heavy (non-hydrogen) atoms. The smallest absolute Gasteiger partial charge is 0.410 e. The first-order chi connectivity index (χ1) is 8.56. The number of nitrogens with two attached hydrogens (primary N) is 1. The van der Waals surface area contributed by atoms with Gasteiger partial charge >= 0.3 is 6.09 Å². The van der Waals surface area contributed by atoms with Gasteiger partial charge in [0, 0.05) is 0 Å². The average Bonchev–Trinajstić information content (AvgIpc) is 2.70. The molecule has 6 nitrogen and oxygen atoms in total. The van der Waals surface area contributed by atoms with E-state index in [-0.39, 0.29) is 24.5 Å². The van der Waals surface area contributed by atoms with Gasteiger partial charge in [-0.2, -0.15) is 0 Å². The molecule has 2 amide bonds. The minimum Gasteiger partial charge on any atom is -0.448 e. The zero-order valence-corrected chi connectivity index (χ0v) is 9.48. The Bertz CT molecular complexity index is 492. The molecule has 3 N–H and O–H groups in total. The topological polar surface area (TPSA) is 84.7 Å². The Balaban J connectivity index is 1.98. The second-order valence-corrected chi connectivity index (χ2v) is 3.82. The summed E-state index contributed by atoms with van der Waals surface area (Å²) in [5, 5.41) is 2.45. The highest BCUT2D eigenvalue weighted by molar-refractivity contribution is 5.96. The van der Waals surface area contributed by atoms with Crippen molar-refractivity contribution in [2.45, 2.75) is 0 Å². The Labute approximate surface area is 103 Å². The van der Waals surface area contributed by atoms with Crippen molar-refractivity contribution in [1.29, 1.82) is 0 Å². The number of halogens is 1. The largest absolute Gasteiger partial charge is 0.448 e. The van der Waals surface area contributed by atoms with Crippen molar-refractivity contribution in [3.05, 3.63) is 24.0 Å². The zero-order chi connectivity index (χ0) is 13.1. The Hall–Kier alpha value is -2.31. The van der Waals surface area contributed by atoms with Crippen LogP contribution in [0, 0.1) is 5.82 Å². The third-order valence-corrected chi connectivity index (χ3v) is 2.47. The summed E-state index contributed by atoms with van der Waals surface area (Å²) in [6, 6.07) is 3.67. The van der Waals surface area contributed by atoms with Crippen molar-refractivity contribution in [2.24, 2.45) is 0 Å². The number of hydrogen-bond donors (Lipinski definition) is 2. The fourth-order valence-electron chi connectivity index (χ4n) is 1.57. The molecule has 0 atom stereocenters. The second kappa shape index (κ2) is 4.91. The lowest BCUT2D eigenvalue weighted by molar-refractivity contribution is -0.116. The van der Waals surface area contributed by atoms with Crippen LogP contribution in [0.25, 0.3) is 0 Å². The summed E-state index contributed by atoms with van der Waals surface area (Å²) in [6.07, 6.45) is -0.530. The van der Waals surface area contributed by atoms with E-state index in [0.29, 0.717) is 6.54 Å². The maximum Gasteiger partial charge on any atom is 0.410 e. The van der Waals surface area contributed by atoms with Crippen LogP contribution in [-0.2, 0) is 9.53 Å². The average molecular weight is 253 g/mol. The minimum absolute atomic E-state index is 0.144. The summed E-state index contributed by atoms with van der Waals surface area (Å²) >= 11 is 0. The number of ether oxygens (including phenoxy) is 1. The van der Waals surface area contributed by atoms with Gasteiger partial charge in [0.2, 0.25) is 5.91 Å². The highest BCUT2D eigenvalue weighted by Crippen LogP contribution is 2.19. The van der Waals surface area contributed by atoms with Crippen LogP contribution in [0.3, 0.4) is 0 Å². The summed E-state index contributed by atoms with van der Waals surface area (Å²) in [5.74, 6) is -0.953. The van der Waals surface area contributed by atoms with Crippen molar-refractivity contribution in [3.63, 3.8) is 0 Å². The van der Waals surface area contributed by atoms with E-state index in [1.807, 2.05) is 0 Å². The first-order valence-electron chi connectivity index (χ1n) is 5.33. The number of rotatable bonds is 3. The van der Waals surface area contributed by atoms with Gasteiger partial charge in [-0.05, 0) is 18.2 Å². The third-order valence-electron chi connectivity index (χ3n) is 2.47. The number of hydrogen-bond acceptors (Lipinski definition) is 4. The first kappa shape index (κ1) is 12.2. The molecule has 0 saturated carbocycles. The highest BCUT2D eigenvalue weighted by atomic mass is 19.1. The number of nitrogens with one attached hydrogen (secondary N) is 1. The number of nitrogens with zero attached hydrogens (tertiary/aromatic N) is 1. The molecule has 96 valence electrons. The molecule has 0 radical (unpaired) electrons. The summed E-state index contributed by atoms with van der Waals surface area (Å²) in [7, 11) is 0. The molecule has 1 fully saturated rings. The molecule has 1 aliphatic heterocycles. The number of carbonyl (C=O) groups excluding carboxylic acids is 2. The lowest BCUT2D eigenvalue weighted by Crippen LogP contribution is -2.33. The van der Waals surface area contributed by atoms with E-state index in [9.17, 15) is 14.0 Å². The minimum atomic E-state index is -0.530. The van der Waals surface area contributed by atoms with E-state index in [1.165, 1.54) is 17.0 Å². The van der Waals surface area contributed by atoms with Gasteiger partial charge in [-0.1, -0.05) is 0 Å². The Morgan fingerprint density at radius 1 is 1.56 bits per heavy atom. The fraction of sp³-hybridized carbons (Fsp3) is 0.273. The zero-order valence-electron chi connectivity index (χ0n) is 9.48. The summed E-state index contributed by atoms with van der Waals surface area (Å²) in [6.45, 7) is 0.494. The maximum absolute atomic E-state index is 13.0. The van der Waals surface area contributed by atoms with E-state index in [2.05, 4.69) is 10.1 Å². The van der Waals surface area contributed by atoms with Crippen LogP contribution >= 0.6 is 0 Å². The lowest BCUT2D eigenvalue weighted by atomic mass is 10.2. The Morgan fingerprint density at radius 2 is 2.33 bits per heavy atom. The van der Waals surface area contributed by atoms with Gasteiger partial charge in [0.1, 0.15) is 19.0 Å². The fourth-order valence-corrected chi connectivity index (χ4v) is 1.57. The van der Waals surface area contributed by atoms with Crippen LogP contribution in [0.15, 0.2) is 18.2 Å². The third kappa shape index (κ3) is 2.68. The number of amides is 2. The second-order valence-electron chi connectivity index (χ2n) is 3.82. The van der Waals surface area contributed by atoms with Gasteiger partial charge in [-0.15, -0.1) is 0 Å². The molecule has 0 bridgehead atoms. The first-order valence-corrected chi connectivity index (χ1v) is 5.33. The lowest BCUT2D eigenvalue weighted by Gasteiger charge is -2.13. The van der Waals surface area contributed by atoms with Crippen LogP contribution in [-0.4, -0.2) is 36.6 Å². The molecule has 0 aliphatic carbocycles. The van der Waals surface area contributed by atoms with Gasteiger partial charge in [0.25, 0.3) is 0 Å². The van der Waals surface area contributed by atoms with Gasteiger partial charge in [0.15, 0.2) is 0 Å². The van der Waals surface area contributed by atoms with Crippen LogP contribution in [0.1, 0.15) is 0 Å². The van der Waals surface area contributed by atoms with Gasteiger partial charge in [0.05, 0.1) is 17.9 Å². The molecular formula is C11H12FN3O3. The van der Waals surface area contributed by atoms with E-state index in [1.54, 1.807) is 0 Å². The molecule has 1 aromatic carbocycles. The molecule has 7 heteroatoms. The number of carbonyl (C=O) groups is 2. The number of cyclic esters (lactones) is 1. The number of nitrogen functional groups attached to an aromatic ring is 1. The Morgan fingerprint density at radius 3 is 3.00 bits per heavy atom. The SMILES string of the molecule is Nc1ccc(F)cc1NC(=O)CN1CCOC1=O. The van der Waals surface area contributed by atoms with Crippen LogP contribution in [0.2, 0.25) is 0 Å². The molecule has 0 unspecified atom stereocenters. The Kier molecular flexibility index (Phi) is 3.31.